The zero-order valence-corrected chi connectivity index (χ0v) is 11.1. The van der Waals surface area contributed by atoms with E-state index < -0.39 is 21.0 Å². The molecule has 102 valence electrons. The predicted octanol–water partition coefficient (Wildman–Crippen LogP) is 1.59. The SMILES string of the molecule is O=C(NS(=O)(=O)C(=O)c1ccccc1)c1ccccc1. The van der Waals surface area contributed by atoms with Gasteiger partial charge in [-0.25, -0.2) is 4.72 Å². The molecule has 1 amide bonds. The summed E-state index contributed by atoms with van der Waals surface area (Å²) in [5, 5.41) is -1.14. The van der Waals surface area contributed by atoms with Crippen LogP contribution in [-0.4, -0.2) is 19.4 Å². The van der Waals surface area contributed by atoms with Crippen molar-refractivity contribution in [2.45, 2.75) is 0 Å². The van der Waals surface area contributed by atoms with Crippen LogP contribution in [0.15, 0.2) is 60.7 Å². The smallest absolute Gasteiger partial charge is 0.274 e. The number of sulfonamides is 1. The number of carbonyl (C=O) groups excluding carboxylic acids is 2. The Morgan fingerprint density at radius 1 is 0.750 bits per heavy atom. The first kappa shape index (κ1) is 14.0. The number of hydrogen-bond acceptors (Lipinski definition) is 4. The minimum Gasteiger partial charge on any atom is -0.274 e. The van der Waals surface area contributed by atoms with Crippen molar-refractivity contribution in [3.8, 4) is 0 Å². The molecule has 0 aromatic heterocycles. The lowest BCUT2D eigenvalue weighted by atomic mass is 10.2. The molecule has 0 bridgehead atoms. The lowest BCUT2D eigenvalue weighted by molar-refractivity contribution is 0.0971. The Balaban J connectivity index is 2.20. The van der Waals surface area contributed by atoms with E-state index in [2.05, 4.69) is 0 Å². The molecule has 0 aliphatic heterocycles. The maximum Gasteiger partial charge on any atom is 0.303 e. The second kappa shape index (κ2) is 5.66. The summed E-state index contributed by atoms with van der Waals surface area (Å²) >= 11 is 0. The van der Waals surface area contributed by atoms with Crippen molar-refractivity contribution in [3.63, 3.8) is 0 Å². The molecule has 1 N–H and O–H groups in total. The van der Waals surface area contributed by atoms with E-state index in [4.69, 9.17) is 0 Å². The molecule has 0 saturated heterocycles. The maximum absolute atomic E-state index is 11.8. The van der Waals surface area contributed by atoms with E-state index in [9.17, 15) is 18.0 Å². The van der Waals surface area contributed by atoms with Crippen LogP contribution in [0.3, 0.4) is 0 Å². The highest BCUT2D eigenvalue weighted by Crippen LogP contribution is 2.06. The summed E-state index contributed by atoms with van der Waals surface area (Å²) in [6.45, 7) is 0. The number of rotatable bonds is 2. The topological polar surface area (TPSA) is 80.3 Å². The molecule has 0 radical (unpaired) electrons. The summed E-state index contributed by atoms with van der Waals surface area (Å²) in [5.74, 6) is -0.838. The number of amides is 1. The molecule has 0 heterocycles. The van der Waals surface area contributed by atoms with Crippen LogP contribution in [-0.2, 0) is 10.0 Å². The van der Waals surface area contributed by atoms with Crippen LogP contribution in [0, 0.1) is 0 Å². The third kappa shape index (κ3) is 3.10. The van der Waals surface area contributed by atoms with Crippen molar-refractivity contribution in [1.82, 2.24) is 4.72 Å². The second-order valence-corrected chi connectivity index (χ2v) is 5.54. The van der Waals surface area contributed by atoms with Gasteiger partial charge >= 0.3 is 10.0 Å². The van der Waals surface area contributed by atoms with Crippen molar-refractivity contribution in [1.29, 1.82) is 0 Å². The molecule has 2 rings (SSSR count). The Bertz CT molecular complexity index is 724. The number of hydrogen-bond donors (Lipinski definition) is 1. The number of carbonyl (C=O) groups is 2. The Hall–Kier alpha value is -2.47. The van der Waals surface area contributed by atoms with Gasteiger partial charge in [0, 0.05) is 11.1 Å². The van der Waals surface area contributed by atoms with Crippen molar-refractivity contribution in [3.05, 3.63) is 71.8 Å². The molecular weight excluding hydrogens is 278 g/mol. The maximum atomic E-state index is 11.8. The Morgan fingerprint density at radius 3 is 1.70 bits per heavy atom. The van der Waals surface area contributed by atoms with Crippen LogP contribution in [0.1, 0.15) is 20.7 Å². The summed E-state index contributed by atoms with van der Waals surface area (Å²) < 4.78 is 25.4. The highest BCUT2D eigenvalue weighted by atomic mass is 32.2. The standard InChI is InChI=1S/C14H11NO4S/c16-13(11-7-3-1-4-8-11)15-20(18,19)14(17)12-9-5-2-6-10-12/h1-10H,(H,15,16). The zero-order chi connectivity index (χ0) is 14.6. The molecule has 0 spiro atoms. The van der Waals surface area contributed by atoms with Gasteiger partial charge in [-0.1, -0.05) is 48.5 Å². The van der Waals surface area contributed by atoms with Gasteiger partial charge in [0.25, 0.3) is 11.0 Å². The van der Waals surface area contributed by atoms with E-state index in [1.165, 1.54) is 24.3 Å². The molecule has 0 atom stereocenters. The molecule has 0 unspecified atom stereocenters. The molecule has 5 nitrogen and oxygen atoms in total. The summed E-state index contributed by atoms with van der Waals surface area (Å²) in [4.78, 5) is 23.6. The summed E-state index contributed by atoms with van der Waals surface area (Å²) in [6, 6.07) is 15.3. The zero-order valence-electron chi connectivity index (χ0n) is 10.3. The summed E-state index contributed by atoms with van der Waals surface area (Å²) in [7, 11) is -4.40. The van der Waals surface area contributed by atoms with Gasteiger partial charge < -0.3 is 0 Å². The average Bonchev–Trinajstić information content (AvgIpc) is 2.48. The Kier molecular flexibility index (Phi) is 3.95. The van der Waals surface area contributed by atoms with Crippen molar-refractivity contribution < 1.29 is 18.0 Å². The average molecular weight is 289 g/mol. The second-order valence-electron chi connectivity index (χ2n) is 3.95. The highest BCUT2D eigenvalue weighted by Gasteiger charge is 2.26. The van der Waals surface area contributed by atoms with Crippen LogP contribution in [0.2, 0.25) is 0 Å². The van der Waals surface area contributed by atoms with Crippen molar-refractivity contribution in [2.24, 2.45) is 0 Å². The summed E-state index contributed by atoms with van der Waals surface area (Å²) in [6.07, 6.45) is 0. The first-order valence-electron chi connectivity index (χ1n) is 5.72. The van der Waals surface area contributed by atoms with Gasteiger partial charge in [0.2, 0.25) is 0 Å². The largest absolute Gasteiger partial charge is 0.303 e. The van der Waals surface area contributed by atoms with Crippen molar-refractivity contribution >= 4 is 21.0 Å². The van der Waals surface area contributed by atoms with Gasteiger partial charge in [-0.15, -0.1) is 0 Å². The van der Waals surface area contributed by atoms with E-state index >= 15 is 0 Å². The van der Waals surface area contributed by atoms with E-state index in [0.717, 1.165) is 0 Å². The van der Waals surface area contributed by atoms with Gasteiger partial charge in [0.15, 0.2) is 0 Å². The third-order valence-corrected chi connectivity index (χ3v) is 3.69. The van der Waals surface area contributed by atoms with E-state index in [1.54, 1.807) is 41.1 Å². The first-order valence-corrected chi connectivity index (χ1v) is 7.20. The molecule has 2 aromatic rings. The quantitative estimate of drug-likeness (QED) is 0.910. The predicted molar refractivity (Wildman–Crippen MR) is 73.6 cm³/mol. The van der Waals surface area contributed by atoms with Crippen LogP contribution in [0.25, 0.3) is 0 Å². The monoisotopic (exact) mass is 289 g/mol. The fourth-order valence-corrected chi connectivity index (χ4v) is 2.45. The molecular formula is C14H11NO4S. The minimum atomic E-state index is -4.40. The fourth-order valence-electron chi connectivity index (χ4n) is 1.55. The van der Waals surface area contributed by atoms with Gasteiger partial charge in [-0.05, 0) is 12.1 Å². The van der Waals surface area contributed by atoms with Gasteiger partial charge in [0.05, 0.1) is 0 Å². The molecule has 0 aliphatic carbocycles. The Labute approximate surface area is 116 Å². The lowest BCUT2D eigenvalue weighted by Gasteiger charge is -2.05. The first-order chi connectivity index (χ1) is 9.50. The van der Waals surface area contributed by atoms with E-state index in [1.807, 2.05) is 0 Å². The molecule has 0 saturated carbocycles. The van der Waals surface area contributed by atoms with Crippen molar-refractivity contribution in [2.75, 3.05) is 0 Å². The Morgan fingerprint density at radius 2 is 1.20 bits per heavy atom. The molecule has 6 heteroatoms. The van der Waals surface area contributed by atoms with Crippen LogP contribution in [0.5, 0.6) is 0 Å². The summed E-state index contributed by atoms with van der Waals surface area (Å²) in [5.41, 5.74) is 0.165. The number of nitrogens with one attached hydrogen (secondary N) is 1. The molecule has 0 aliphatic rings. The van der Waals surface area contributed by atoms with Gasteiger partial charge in [0.1, 0.15) is 0 Å². The number of benzene rings is 2. The van der Waals surface area contributed by atoms with Gasteiger partial charge in [-0.2, -0.15) is 8.42 Å². The third-order valence-electron chi connectivity index (χ3n) is 2.52. The molecule has 0 fully saturated rings. The normalized spacial score (nSPS) is 10.8. The molecule has 20 heavy (non-hydrogen) atoms. The highest BCUT2D eigenvalue weighted by molar-refractivity contribution is 8.05. The van der Waals surface area contributed by atoms with Crippen LogP contribution in [0.4, 0.5) is 0 Å². The minimum absolute atomic E-state index is 0.000798. The van der Waals surface area contributed by atoms with E-state index in [-0.39, 0.29) is 11.1 Å². The van der Waals surface area contributed by atoms with Gasteiger partial charge in [-0.3, -0.25) is 9.59 Å². The fraction of sp³-hybridized carbons (Fsp3) is 0. The lowest BCUT2D eigenvalue weighted by Crippen LogP contribution is -2.35. The molecule has 2 aromatic carbocycles. The van der Waals surface area contributed by atoms with E-state index in [0.29, 0.717) is 0 Å². The van der Waals surface area contributed by atoms with Crippen LogP contribution < -0.4 is 4.72 Å². The van der Waals surface area contributed by atoms with Crippen LogP contribution >= 0.6 is 0 Å².